The lowest BCUT2D eigenvalue weighted by Gasteiger charge is -2.39. The summed E-state index contributed by atoms with van der Waals surface area (Å²) in [4.78, 5) is 8.10. The number of H-pyrrole nitrogens is 1. The SMILES string of the molecule is CCC1(C)CC(NC(C)c2nc3ccccc3[nH]2)CCO1. The number of hydrogen-bond donors (Lipinski definition) is 2. The summed E-state index contributed by atoms with van der Waals surface area (Å²) in [6.45, 7) is 7.43. The standard InChI is InChI=1S/C17H25N3O/c1-4-17(3)11-13(9-10-21-17)18-12(2)16-19-14-7-5-6-8-15(14)20-16/h5-8,12-13,18H,4,9-11H2,1-3H3,(H,19,20). The third-order valence-electron chi connectivity index (χ3n) is 4.65. The van der Waals surface area contributed by atoms with Gasteiger partial charge in [-0.1, -0.05) is 19.1 Å². The number of nitrogens with one attached hydrogen (secondary N) is 2. The number of hydrogen-bond acceptors (Lipinski definition) is 3. The average Bonchev–Trinajstić information content (AvgIpc) is 2.91. The van der Waals surface area contributed by atoms with Crippen LogP contribution in [0.4, 0.5) is 0 Å². The number of fused-ring (bicyclic) bond motifs is 1. The molecule has 21 heavy (non-hydrogen) atoms. The van der Waals surface area contributed by atoms with Crippen molar-refractivity contribution in [2.45, 2.75) is 57.7 Å². The Kier molecular flexibility index (Phi) is 4.00. The maximum atomic E-state index is 5.92. The first-order chi connectivity index (χ1) is 10.1. The first kappa shape index (κ1) is 14.5. The minimum atomic E-state index is 0.0174. The summed E-state index contributed by atoms with van der Waals surface area (Å²) in [7, 11) is 0. The molecule has 0 saturated carbocycles. The number of benzene rings is 1. The number of nitrogens with zero attached hydrogens (tertiary/aromatic N) is 1. The van der Waals surface area contributed by atoms with Crippen molar-refractivity contribution in [1.29, 1.82) is 0 Å². The van der Waals surface area contributed by atoms with Gasteiger partial charge in [0.15, 0.2) is 0 Å². The molecule has 0 amide bonds. The molecule has 2 heterocycles. The minimum Gasteiger partial charge on any atom is -0.375 e. The fourth-order valence-electron chi connectivity index (χ4n) is 3.13. The zero-order valence-electron chi connectivity index (χ0n) is 13.1. The molecule has 3 unspecified atom stereocenters. The molecule has 1 fully saturated rings. The van der Waals surface area contributed by atoms with E-state index >= 15 is 0 Å². The molecule has 3 rings (SSSR count). The van der Waals surface area contributed by atoms with Gasteiger partial charge in [-0.15, -0.1) is 0 Å². The third-order valence-corrected chi connectivity index (χ3v) is 4.65. The summed E-state index contributed by atoms with van der Waals surface area (Å²) >= 11 is 0. The zero-order chi connectivity index (χ0) is 14.9. The van der Waals surface area contributed by atoms with E-state index in [2.05, 4.69) is 42.1 Å². The van der Waals surface area contributed by atoms with Crippen LogP contribution < -0.4 is 5.32 Å². The lowest BCUT2D eigenvalue weighted by molar-refractivity contribution is -0.0790. The van der Waals surface area contributed by atoms with Gasteiger partial charge in [-0.25, -0.2) is 4.98 Å². The van der Waals surface area contributed by atoms with E-state index < -0.39 is 0 Å². The second kappa shape index (κ2) is 5.78. The van der Waals surface area contributed by atoms with Crippen LogP contribution in [-0.4, -0.2) is 28.2 Å². The Balaban J connectivity index is 1.69. The lowest BCUT2D eigenvalue weighted by Crippen LogP contribution is -2.45. The fraction of sp³-hybridized carbons (Fsp3) is 0.588. The van der Waals surface area contributed by atoms with Crippen LogP contribution in [0.15, 0.2) is 24.3 Å². The summed E-state index contributed by atoms with van der Waals surface area (Å²) < 4.78 is 5.92. The molecule has 0 bridgehead atoms. The molecule has 1 aromatic heterocycles. The lowest BCUT2D eigenvalue weighted by atomic mass is 9.89. The highest BCUT2D eigenvalue weighted by molar-refractivity contribution is 5.74. The summed E-state index contributed by atoms with van der Waals surface area (Å²) in [5, 5.41) is 3.71. The van der Waals surface area contributed by atoms with E-state index in [1.165, 1.54) is 0 Å². The Bertz CT molecular complexity index is 576. The summed E-state index contributed by atoms with van der Waals surface area (Å²) in [6, 6.07) is 8.89. The highest BCUT2D eigenvalue weighted by Crippen LogP contribution is 2.29. The zero-order valence-corrected chi connectivity index (χ0v) is 13.1. The quantitative estimate of drug-likeness (QED) is 0.904. The molecule has 2 aromatic rings. The minimum absolute atomic E-state index is 0.0174. The Hall–Kier alpha value is -1.39. The Labute approximate surface area is 126 Å². The molecule has 2 N–H and O–H groups in total. The topological polar surface area (TPSA) is 49.9 Å². The van der Waals surface area contributed by atoms with Crippen LogP contribution in [0.5, 0.6) is 0 Å². The van der Waals surface area contributed by atoms with Crippen molar-refractivity contribution < 1.29 is 4.74 Å². The van der Waals surface area contributed by atoms with Gasteiger partial charge in [-0.2, -0.15) is 0 Å². The maximum Gasteiger partial charge on any atom is 0.124 e. The Morgan fingerprint density at radius 1 is 1.48 bits per heavy atom. The number of ether oxygens (including phenoxy) is 1. The first-order valence-corrected chi connectivity index (χ1v) is 7.94. The summed E-state index contributed by atoms with van der Waals surface area (Å²) in [6.07, 6.45) is 3.19. The molecular formula is C17H25N3O. The van der Waals surface area contributed by atoms with Gasteiger partial charge in [0.25, 0.3) is 0 Å². The Morgan fingerprint density at radius 3 is 3.05 bits per heavy atom. The van der Waals surface area contributed by atoms with Crippen LogP contribution in [0.3, 0.4) is 0 Å². The second-order valence-electron chi connectivity index (χ2n) is 6.37. The monoisotopic (exact) mass is 287 g/mol. The summed E-state index contributed by atoms with van der Waals surface area (Å²) in [5.74, 6) is 1.01. The molecule has 0 radical (unpaired) electrons. The van der Waals surface area contributed by atoms with Crippen molar-refractivity contribution in [3.05, 3.63) is 30.1 Å². The Morgan fingerprint density at radius 2 is 2.29 bits per heavy atom. The largest absolute Gasteiger partial charge is 0.375 e. The predicted molar refractivity (Wildman–Crippen MR) is 85.3 cm³/mol. The fourth-order valence-corrected chi connectivity index (χ4v) is 3.13. The van der Waals surface area contributed by atoms with E-state index in [-0.39, 0.29) is 11.6 Å². The van der Waals surface area contributed by atoms with Crippen molar-refractivity contribution in [2.24, 2.45) is 0 Å². The van der Waals surface area contributed by atoms with Gasteiger partial charge in [0.1, 0.15) is 5.82 Å². The van der Waals surface area contributed by atoms with E-state index in [9.17, 15) is 0 Å². The van der Waals surface area contributed by atoms with Gasteiger partial charge < -0.3 is 15.0 Å². The van der Waals surface area contributed by atoms with Gasteiger partial charge >= 0.3 is 0 Å². The van der Waals surface area contributed by atoms with Crippen LogP contribution >= 0.6 is 0 Å². The molecule has 1 aliphatic rings. The molecule has 4 nitrogen and oxygen atoms in total. The number of aromatic amines is 1. The van der Waals surface area contributed by atoms with Crippen molar-refractivity contribution in [1.82, 2.24) is 15.3 Å². The number of aromatic nitrogens is 2. The van der Waals surface area contributed by atoms with E-state index in [0.29, 0.717) is 6.04 Å². The van der Waals surface area contributed by atoms with E-state index in [0.717, 1.165) is 42.7 Å². The van der Waals surface area contributed by atoms with Crippen LogP contribution in [0, 0.1) is 0 Å². The van der Waals surface area contributed by atoms with Gasteiger partial charge in [0, 0.05) is 12.6 Å². The first-order valence-electron chi connectivity index (χ1n) is 7.94. The van der Waals surface area contributed by atoms with Crippen molar-refractivity contribution in [3.8, 4) is 0 Å². The number of para-hydroxylation sites is 2. The normalized spacial score (nSPS) is 27.9. The van der Waals surface area contributed by atoms with Gasteiger partial charge in [0.2, 0.25) is 0 Å². The second-order valence-corrected chi connectivity index (χ2v) is 6.37. The molecule has 0 spiro atoms. The molecule has 0 aliphatic carbocycles. The van der Waals surface area contributed by atoms with E-state index in [1.54, 1.807) is 0 Å². The van der Waals surface area contributed by atoms with Gasteiger partial charge in [-0.3, -0.25) is 0 Å². The van der Waals surface area contributed by atoms with Crippen molar-refractivity contribution in [3.63, 3.8) is 0 Å². The van der Waals surface area contributed by atoms with Crippen LogP contribution in [0.1, 0.15) is 51.9 Å². The van der Waals surface area contributed by atoms with Crippen LogP contribution in [-0.2, 0) is 4.74 Å². The molecule has 114 valence electrons. The highest BCUT2D eigenvalue weighted by atomic mass is 16.5. The van der Waals surface area contributed by atoms with E-state index in [1.807, 2.05) is 18.2 Å². The molecular weight excluding hydrogens is 262 g/mol. The van der Waals surface area contributed by atoms with Gasteiger partial charge in [0.05, 0.1) is 22.7 Å². The predicted octanol–water partition coefficient (Wildman–Crippen LogP) is 3.56. The number of imidazole rings is 1. The van der Waals surface area contributed by atoms with Crippen molar-refractivity contribution >= 4 is 11.0 Å². The van der Waals surface area contributed by atoms with Crippen molar-refractivity contribution in [2.75, 3.05) is 6.61 Å². The third kappa shape index (κ3) is 3.11. The molecule has 3 atom stereocenters. The smallest absolute Gasteiger partial charge is 0.124 e. The molecule has 1 saturated heterocycles. The van der Waals surface area contributed by atoms with Crippen LogP contribution in [0.25, 0.3) is 11.0 Å². The van der Waals surface area contributed by atoms with Gasteiger partial charge in [-0.05, 0) is 45.2 Å². The molecule has 1 aromatic carbocycles. The number of rotatable bonds is 4. The average molecular weight is 287 g/mol. The van der Waals surface area contributed by atoms with Crippen LogP contribution in [0.2, 0.25) is 0 Å². The molecule has 1 aliphatic heterocycles. The maximum absolute atomic E-state index is 5.92. The van der Waals surface area contributed by atoms with E-state index in [4.69, 9.17) is 4.74 Å². The molecule has 4 heteroatoms. The highest BCUT2D eigenvalue weighted by Gasteiger charge is 2.32. The summed E-state index contributed by atoms with van der Waals surface area (Å²) in [5.41, 5.74) is 2.15.